The summed E-state index contributed by atoms with van der Waals surface area (Å²) in [6.45, 7) is 8.60. The molecule has 4 rings (SSSR count). The van der Waals surface area contributed by atoms with Gasteiger partial charge in [0.15, 0.2) is 0 Å². The van der Waals surface area contributed by atoms with Crippen molar-refractivity contribution in [2.24, 2.45) is 0 Å². The van der Waals surface area contributed by atoms with E-state index in [4.69, 9.17) is 0 Å². The maximum atomic E-state index is 3.22. The molecule has 0 spiro atoms. The summed E-state index contributed by atoms with van der Waals surface area (Å²) in [5, 5.41) is 5.05. The van der Waals surface area contributed by atoms with Gasteiger partial charge in [0.2, 0.25) is 0 Å². The van der Waals surface area contributed by atoms with Gasteiger partial charge >= 0.3 is 17.1 Å². The van der Waals surface area contributed by atoms with Crippen LogP contribution < -0.4 is 0 Å². The normalized spacial score (nSPS) is 10.1. The van der Waals surface area contributed by atoms with Crippen LogP contribution in [0.15, 0.2) is 60.7 Å². The van der Waals surface area contributed by atoms with E-state index in [2.05, 4.69) is 76.2 Å². The number of hydrogen-bond donors (Lipinski definition) is 0. The number of hydrogen-bond acceptors (Lipinski definition) is 0. The summed E-state index contributed by atoms with van der Waals surface area (Å²) in [5.41, 5.74) is 5.43. The van der Waals surface area contributed by atoms with Gasteiger partial charge in [-0.25, -0.2) is 0 Å². The molecule has 0 bridgehead atoms. The Balaban J connectivity index is 0.000000173. The van der Waals surface area contributed by atoms with Gasteiger partial charge in [0.1, 0.15) is 0 Å². The van der Waals surface area contributed by atoms with E-state index >= 15 is 0 Å². The van der Waals surface area contributed by atoms with Crippen LogP contribution in [0.2, 0.25) is 0 Å². The first-order chi connectivity index (χ1) is 11.6. The molecule has 1 radical (unpaired) electrons. The summed E-state index contributed by atoms with van der Waals surface area (Å²) in [7, 11) is 0. The first kappa shape index (κ1) is 19.2. The van der Waals surface area contributed by atoms with Crippen molar-refractivity contribution in [1.29, 1.82) is 0 Å². The van der Waals surface area contributed by atoms with Crippen LogP contribution in [0, 0.1) is 39.8 Å². The molecule has 0 aliphatic rings. The molecule has 0 saturated carbocycles. The van der Waals surface area contributed by atoms with Crippen molar-refractivity contribution >= 4 is 21.5 Å². The Morgan fingerprint density at radius 1 is 0.560 bits per heavy atom. The molecule has 4 aromatic carbocycles. The van der Waals surface area contributed by atoms with E-state index in [0.29, 0.717) is 0 Å². The van der Waals surface area contributed by atoms with Gasteiger partial charge in [0.25, 0.3) is 0 Å². The van der Waals surface area contributed by atoms with E-state index in [1.54, 1.807) is 0 Å². The van der Waals surface area contributed by atoms with Crippen molar-refractivity contribution in [1.82, 2.24) is 0 Å². The van der Waals surface area contributed by atoms with Gasteiger partial charge in [-0.05, 0) is 27.7 Å². The second-order valence-corrected chi connectivity index (χ2v) is 6.28. The van der Waals surface area contributed by atoms with Crippen molar-refractivity contribution in [2.75, 3.05) is 0 Å². The van der Waals surface area contributed by atoms with Crippen LogP contribution in [0.25, 0.3) is 21.5 Å². The first-order valence-electron chi connectivity index (χ1n) is 8.31. The molecule has 0 heterocycles. The minimum absolute atomic E-state index is 0. The summed E-state index contributed by atoms with van der Waals surface area (Å²) in [5.74, 6) is 0. The molecule has 0 unspecified atom stereocenters. The van der Waals surface area contributed by atoms with Crippen molar-refractivity contribution in [3.63, 3.8) is 0 Å². The van der Waals surface area contributed by atoms with Crippen LogP contribution in [0.3, 0.4) is 0 Å². The Bertz CT molecular complexity index is 916. The molecule has 0 aromatic heterocycles. The maximum Gasteiger partial charge on any atom is 2.00 e. The second kappa shape index (κ2) is 8.34. The number of aryl methyl sites for hydroxylation is 4. The van der Waals surface area contributed by atoms with Crippen molar-refractivity contribution in [3.8, 4) is 0 Å². The summed E-state index contributed by atoms with van der Waals surface area (Å²) >= 11 is 0. The molecule has 25 heavy (non-hydrogen) atoms. The van der Waals surface area contributed by atoms with Crippen LogP contribution in [0.1, 0.15) is 22.3 Å². The molecule has 4 aromatic rings. The average molecular weight is 374 g/mol. The zero-order valence-corrected chi connectivity index (χ0v) is 16.0. The third-order valence-electron chi connectivity index (χ3n) is 4.77. The minimum atomic E-state index is 0. The third-order valence-corrected chi connectivity index (χ3v) is 4.77. The molecule has 0 N–H and O–H groups in total. The van der Waals surface area contributed by atoms with E-state index in [1.165, 1.54) is 43.8 Å². The molecule has 129 valence electrons. The standard InChI is InChI=1S/2C12H11.Cu/c2*1-9-7-8-11-5-3-4-6-12(11)10(9)2;/h2*3-4,6-8H,1-2H3;/q2*-1;+2. The molecule has 0 amide bonds. The van der Waals surface area contributed by atoms with E-state index in [0.717, 1.165) is 0 Å². The topological polar surface area (TPSA) is 0 Å². The van der Waals surface area contributed by atoms with Gasteiger partial charge in [-0.2, -0.15) is 0 Å². The van der Waals surface area contributed by atoms with E-state index in [-0.39, 0.29) is 17.1 Å². The van der Waals surface area contributed by atoms with Crippen LogP contribution >= 0.6 is 0 Å². The second-order valence-electron chi connectivity index (χ2n) is 6.28. The minimum Gasteiger partial charge on any atom is -0.147 e. The van der Waals surface area contributed by atoms with E-state index in [1.807, 2.05) is 24.3 Å². The van der Waals surface area contributed by atoms with Gasteiger partial charge < -0.3 is 0 Å². The van der Waals surface area contributed by atoms with E-state index < -0.39 is 0 Å². The Kier molecular flexibility index (Phi) is 6.42. The predicted octanol–water partition coefficient (Wildman–Crippen LogP) is 6.51. The van der Waals surface area contributed by atoms with Gasteiger partial charge in [-0.3, -0.25) is 0 Å². The summed E-state index contributed by atoms with van der Waals surface area (Å²) in [6, 6.07) is 27.3. The molecule has 0 nitrogen and oxygen atoms in total. The molecule has 0 fully saturated rings. The molecule has 0 aliphatic heterocycles. The Hall–Kier alpha value is -2.08. The molecular weight excluding hydrogens is 352 g/mol. The van der Waals surface area contributed by atoms with Gasteiger partial charge in [0.05, 0.1) is 0 Å². The van der Waals surface area contributed by atoms with Crippen molar-refractivity contribution in [3.05, 3.63) is 95.1 Å². The summed E-state index contributed by atoms with van der Waals surface area (Å²) in [6.07, 6.45) is 0. The van der Waals surface area contributed by atoms with E-state index in [9.17, 15) is 0 Å². The Labute approximate surface area is 161 Å². The molecular formula is C24H22Cu. The summed E-state index contributed by atoms with van der Waals surface area (Å²) < 4.78 is 0. The van der Waals surface area contributed by atoms with Gasteiger partial charge in [-0.15, -0.1) is 94.3 Å². The first-order valence-corrected chi connectivity index (χ1v) is 8.31. The molecule has 0 saturated heterocycles. The van der Waals surface area contributed by atoms with Crippen LogP contribution in [0.5, 0.6) is 0 Å². The van der Waals surface area contributed by atoms with Gasteiger partial charge in [0, 0.05) is 0 Å². The Morgan fingerprint density at radius 2 is 0.960 bits per heavy atom. The zero-order valence-electron chi connectivity index (χ0n) is 15.1. The Morgan fingerprint density at radius 3 is 1.36 bits per heavy atom. The molecule has 0 atom stereocenters. The molecule has 1 heteroatoms. The number of rotatable bonds is 0. The van der Waals surface area contributed by atoms with Crippen LogP contribution in [-0.2, 0) is 17.1 Å². The molecule has 0 aliphatic carbocycles. The van der Waals surface area contributed by atoms with Crippen molar-refractivity contribution in [2.45, 2.75) is 27.7 Å². The number of benzene rings is 4. The fourth-order valence-electron chi connectivity index (χ4n) is 2.92. The fourth-order valence-corrected chi connectivity index (χ4v) is 2.92. The van der Waals surface area contributed by atoms with Crippen LogP contribution in [0.4, 0.5) is 0 Å². The average Bonchev–Trinajstić information content (AvgIpc) is 2.62. The third kappa shape index (κ3) is 4.12. The SMILES string of the molecule is Cc1ccc2[c-]cccc2c1C.Cc1ccc2[c-]cccc2c1C.[Cu+2]. The maximum absolute atomic E-state index is 3.22. The fraction of sp³-hybridized carbons (Fsp3) is 0.167. The summed E-state index contributed by atoms with van der Waals surface area (Å²) in [4.78, 5) is 0. The zero-order chi connectivity index (χ0) is 17.1. The van der Waals surface area contributed by atoms with Gasteiger partial charge in [-0.1, -0.05) is 22.3 Å². The monoisotopic (exact) mass is 373 g/mol. The van der Waals surface area contributed by atoms with Crippen LogP contribution in [-0.4, -0.2) is 0 Å². The quantitative estimate of drug-likeness (QED) is 0.243. The van der Waals surface area contributed by atoms with Crippen molar-refractivity contribution < 1.29 is 17.1 Å². The number of fused-ring (bicyclic) bond motifs is 2. The smallest absolute Gasteiger partial charge is 0.147 e. The largest absolute Gasteiger partial charge is 2.00 e. The predicted molar refractivity (Wildman–Crippen MR) is 105 cm³/mol.